The summed E-state index contributed by atoms with van der Waals surface area (Å²) >= 11 is 0. The summed E-state index contributed by atoms with van der Waals surface area (Å²) in [6, 6.07) is 11.0. The molecule has 0 saturated carbocycles. The Morgan fingerprint density at radius 1 is 1.19 bits per heavy atom. The fourth-order valence-electron chi connectivity index (χ4n) is 1.98. The van der Waals surface area contributed by atoms with Crippen molar-refractivity contribution in [2.24, 2.45) is 0 Å². The smallest absolute Gasteiger partial charge is 0.269 e. The van der Waals surface area contributed by atoms with Gasteiger partial charge < -0.3 is 15.5 Å². The molecule has 1 unspecified atom stereocenters. The summed E-state index contributed by atoms with van der Waals surface area (Å²) in [6.07, 6.45) is 0. The predicted molar refractivity (Wildman–Crippen MR) is 78.1 cm³/mol. The number of phenolic OH excluding ortho intramolecular Hbond substituents is 2. The van der Waals surface area contributed by atoms with E-state index in [1.807, 2.05) is 13.0 Å². The zero-order valence-corrected chi connectivity index (χ0v) is 11.5. The van der Waals surface area contributed by atoms with Crippen LogP contribution in [0.3, 0.4) is 0 Å². The van der Waals surface area contributed by atoms with Gasteiger partial charge in [0, 0.05) is 24.7 Å². The molecular weight excluding hydrogens is 272 g/mol. The van der Waals surface area contributed by atoms with E-state index in [2.05, 4.69) is 5.32 Å². The highest BCUT2D eigenvalue weighted by atomic mass is 16.6. The van der Waals surface area contributed by atoms with Crippen LogP contribution in [0.1, 0.15) is 24.1 Å². The summed E-state index contributed by atoms with van der Waals surface area (Å²) in [6.45, 7) is 2.37. The molecule has 0 radical (unpaired) electrons. The molecule has 0 amide bonds. The number of hydrogen-bond acceptors (Lipinski definition) is 5. The van der Waals surface area contributed by atoms with E-state index >= 15 is 0 Å². The lowest BCUT2D eigenvalue weighted by Gasteiger charge is -2.14. The standard InChI is InChI=1S/C15H16N2O4/c1-10(12-3-2-4-13(8-12)17(20)21)16-9-11-5-6-14(18)15(19)7-11/h2-8,10,16,18-19H,9H2,1H3. The molecule has 6 heteroatoms. The molecule has 0 heterocycles. The molecule has 2 aromatic carbocycles. The third-order valence-electron chi connectivity index (χ3n) is 3.23. The van der Waals surface area contributed by atoms with Gasteiger partial charge in [0.05, 0.1) is 4.92 Å². The van der Waals surface area contributed by atoms with E-state index in [1.165, 1.54) is 24.3 Å². The fraction of sp³-hybridized carbons (Fsp3) is 0.200. The number of nitrogens with one attached hydrogen (secondary N) is 1. The number of nitro benzene ring substituents is 1. The molecule has 0 aliphatic heterocycles. The number of nitro groups is 1. The van der Waals surface area contributed by atoms with Crippen LogP contribution in [0, 0.1) is 10.1 Å². The summed E-state index contributed by atoms with van der Waals surface area (Å²) in [5.41, 5.74) is 1.68. The van der Waals surface area contributed by atoms with E-state index in [9.17, 15) is 20.3 Å². The molecule has 2 rings (SSSR count). The normalized spacial score (nSPS) is 12.0. The number of aromatic hydroxyl groups is 2. The average molecular weight is 288 g/mol. The number of benzene rings is 2. The van der Waals surface area contributed by atoms with Crippen LogP contribution in [0.2, 0.25) is 0 Å². The first-order chi connectivity index (χ1) is 9.97. The lowest BCUT2D eigenvalue weighted by molar-refractivity contribution is -0.384. The molecule has 1 atom stereocenters. The Labute approximate surface area is 121 Å². The van der Waals surface area contributed by atoms with Crippen LogP contribution >= 0.6 is 0 Å². The van der Waals surface area contributed by atoms with Crippen LogP contribution in [0.25, 0.3) is 0 Å². The van der Waals surface area contributed by atoms with E-state index < -0.39 is 4.92 Å². The Balaban J connectivity index is 2.04. The SMILES string of the molecule is CC(NCc1ccc(O)c(O)c1)c1cccc([N+](=O)[O-])c1. The monoisotopic (exact) mass is 288 g/mol. The van der Waals surface area contributed by atoms with Gasteiger partial charge in [-0.2, -0.15) is 0 Å². The average Bonchev–Trinajstić information content (AvgIpc) is 2.48. The van der Waals surface area contributed by atoms with E-state index in [-0.39, 0.29) is 23.2 Å². The molecule has 110 valence electrons. The number of nitrogens with zero attached hydrogens (tertiary/aromatic N) is 1. The van der Waals surface area contributed by atoms with Crippen LogP contribution in [-0.2, 0) is 6.54 Å². The highest BCUT2D eigenvalue weighted by Gasteiger charge is 2.11. The second-order valence-electron chi connectivity index (χ2n) is 4.78. The number of hydrogen-bond donors (Lipinski definition) is 3. The zero-order chi connectivity index (χ0) is 15.4. The summed E-state index contributed by atoms with van der Waals surface area (Å²) < 4.78 is 0. The van der Waals surface area contributed by atoms with Gasteiger partial charge in [0.1, 0.15) is 0 Å². The molecule has 0 bridgehead atoms. The first kappa shape index (κ1) is 14.8. The van der Waals surface area contributed by atoms with Gasteiger partial charge in [0.25, 0.3) is 5.69 Å². The topological polar surface area (TPSA) is 95.6 Å². The minimum absolute atomic E-state index is 0.0587. The molecule has 0 fully saturated rings. The van der Waals surface area contributed by atoms with Gasteiger partial charge in [-0.3, -0.25) is 10.1 Å². The minimum atomic E-state index is -0.422. The Kier molecular flexibility index (Phi) is 4.39. The van der Waals surface area contributed by atoms with Crippen LogP contribution in [-0.4, -0.2) is 15.1 Å². The summed E-state index contributed by atoms with van der Waals surface area (Å²) in [5, 5.41) is 32.6. The molecule has 3 N–H and O–H groups in total. The van der Waals surface area contributed by atoms with Crippen molar-refractivity contribution < 1.29 is 15.1 Å². The van der Waals surface area contributed by atoms with Crippen molar-refractivity contribution in [1.82, 2.24) is 5.32 Å². The second-order valence-corrected chi connectivity index (χ2v) is 4.78. The van der Waals surface area contributed by atoms with E-state index in [0.717, 1.165) is 11.1 Å². The van der Waals surface area contributed by atoms with Crippen molar-refractivity contribution in [2.75, 3.05) is 0 Å². The number of non-ortho nitro benzene ring substituents is 1. The zero-order valence-electron chi connectivity index (χ0n) is 11.5. The first-order valence-electron chi connectivity index (χ1n) is 6.46. The number of phenols is 2. The highest BCUT2D eigenvalue weighted by Crippen LogP contribution is 2.25. The van der Waals surface area contributed by atoms with Gasteiger partial charge in [-0.15, -0.1) is 0 Å². The second kappa shape index (κ2) is 6.23. The van der Waals surface area contributed by atoms with E-state index in [1.54, 1.807) is 12.1 Å². The van der Waals surface area contributed by atoms with Gasteiger partial charge in [0.15, 0.2) is 11.5 Å². The van der Waals surface area contributed by atoms with Crippen LogP contribution in [0.4, 0.5) is 5.69 Å². The van der Waals surface area contributed by atoms with Crippen LogP contribution in [0.5, 0.6) is 11.5 Å². The quantitative estimate of drug-likeness (QED) is 0.446. The summed E-state index contributed by atoms with van der Waals surface area (Å²) in [4.78, 5) is 10.3. The van der Waals surface area contributed by atoms with E-state index in [0.29, 0.717) is 6.54 Å². The molecule has 0 aromatic heterocycles. The van der Waals surface area contributed by atoms with Crippen molar-refractivity contribution in [1.29, 1.82) is 0 Å². The molecular formula is C15H16N2O4. The third-order valence-corrected chi connectivity index (χ3v) is 3.23. The van der Waals surface area contributed by atoms with Crippen molar-refractivity contribution in [3.63, 3.8) is 0 Å². The van der Waals surface area contributed by atoms with Crippen molar-refractivity contribution in [3.8, 4) is 11.5 Å². The van der Waals surface area contributed by atoms with Gasteiger partial charge >= 0.3 is 0 Å². The van der Waals surface area contributed by atoms with Crippen molar-refractivity contribution in [2.45, 2.75) is 19.5 Å². The Morgan fingerprint density at radius 2 is 1.95 bits per heavy atom. The first-order valence-corrected chi connectivity index (χ1v) is 6.46. The third kappa shape index (κ3) is 3.70. The maximum absolute atomic E-state index is 10.8. The van der Waals surface area contributed by atoms with E-state index in [4.69, 9.17) is 0 Å². The lowest BCUT2D eigenvalue weighted by Crippen LogP contribution is -2.18. The molecule has 0 aliphatic carbocycles. The largest absolute Gasteiger partial charge is 0.504 e. The fourth-order valence-corrected chi connectivity index (χ4v) is 1.98. The minimum Gasteiger partial charge on any atom is -0.504 e. The molecule has 21 heavy (non-hydrogen) atoms. The predicted octanol–water partition coefficient (Wildman–Crippen LogP) is 2.86. The molecule has 0 saturated heterocycles. The lowest BCUT2D eigenvalue weighted by atomic mass is 10.1. The van der Waals surface area contributed by atoms with Crippen molar-refractivity contribution >= 4 is 5.69 Å². The van der Waals surface area contributed by atoms with Gasteiger partial charge in [-0.1, -0.05) is 18.2 Å². The summed E-state index contributed by atoms with van der Waals surface area (Å²) in [7, 11) is 0. The van der Waals surface area contributed by atoms with Gasteiger partial charge in [-0.25, -0.2) is 0 Å². The molecule has 0 aliphatic rings. The summed E-state index contributed by atoms with van der Waals surface area (Å²) in [5.74, 6) is -0.331. The Hall–Kier alpha value is -2.60. The van der Waals surface area contributed by atoms with Crippen LogP contribution < -0.4 is 5.32 Å². The molecule has 2 aromatic rings. The number of rotatable bonds is 5. The maximum atomic E-state index is 10.8. The maximum Gasteiger partial charge on any atom is 0.269 e. The Morgan fingerprint density at radius 3 is 2.62 bits per heavy atom. The van der Waals surface area contributed by atoms with Gasteiger partial charge in [-0.05, 0) is 30.2 Å². The van der Waals surface area contributed by atoms with Crippen LogP contribution in [0.15, 0.2) is 42.5 Å². The molecule has 0 spiro atoms. The van der Waals surface area contributed by atoms with Crippen molar-refractivity contribution in [3.05, 3.63) is 63.7 Å². The molecule has 6 nitrogen and oxygen atoms in total. The highest BCUT2D eigenvalue weighted by molar-refractivity contribution is 5.40. The Bertz CT molecular complexity index is 658. The van der Waals surface area contributed by atoms with Gasteiger partial charge in [0.2, 0.25) is 0 Å².